The lowest BCUT2D eigenvalue weighted by molar-refractivity contribution is 0.0936. The van der Waals surface area contributed by atoms with Crippen LogP contribution in [0.3, 0.4) is 0 Å². The molecule has 2 aromatic rings. The molecular weight excluding hydrogens is 268 g/mol. The number of aromatic nitrogens is 5. The summed E-state index contributed by atoms with van der Waals surface area (Å²) in [5.41, 5.74) is 2.20. The van der Waals surface area contributed by atoms with Gasteiger partial charge in [0.2, 0.25) is 0 Å². The number of pyridine rings is 1. The van der Waals surface area contributed by atoms with Gasteiger partial charge in [-0.25, -0.2) is 4.68 Å². The highest BCUT2D eigenvalue weighted by atomic mass is 16.1. The summed E-state index contributed by atoms with van der Waals surface area (Å²) < 4.78 is 1.81. The van der Waals surface area contributed by atoms with Crippen molar-refractivity contribution in [2.45, 2.75) is 45.7 Å². The molecule has 7 heteroatoms. The summed E-state index contributed by atoms with van der Waals surface area (Å²) in [6, 6.07) is 3.77. The third kappa shape index (κ3) is 2.76. The molecule has 1 unspecified atom stereocenters. The first kappa shape index (κ1) is 13.7. The Kier molecular flexibility index (Phi) is 3.40. The Morgan fingerprint density at radius 2 is 2.14 bits per heavy atom. The molecule has 0 saturated heterocycles. The van der Waals surface area contributed by atoms with Crippen LogP contribution in [0, 0.1) is 13.8 Å². The minimum absolute atomic E-state index is 0.155. The monoisotopic (exact) mass is 286 g/mol. The number of carbonyl (C=O) groups is 1. The third-order valence-electron chi connectivity index (χ3n) is 3.62. The molecule has 1 atom stereocenters. The van der Waals surface area contributed by atoms with Crippen LogP contribution < -0.4 is 5.32 Å². The number of nitrogens with one attached hydrogen (secondary N) is 1. The molecule has 0 aliphatic heterocycles. The number of tetrazole rings is 1. The molecule has 2 heterocycles. The van der Waals surface area contributed by atoms with Crippen molar-refractivity contribution in [1.82, 2.24) is 30.5 Å². The Balaban J connectivity index is 1.76. The van der Waals surface area contributed by atoms with E-state index in [2.05, 4.69) is 25.8 Å². The maximum absolute atomic E-state index is 12.4. The Morgan fingerprint density at radius 3 is 2.81 bits per heavy atom. The molecule has 0 aromatic carbocycles. The summed E-state index contributed by atoms with van der Waals surface area (Å²) in [7, 11) is 0. The largest absolute Gasteiger partial charge is 0.342 e. The van der Waals surface area contributed by atoms with Gasteiger partial charge in [0.25, 0.3) is 5.91 Å². The van der Waals surface area contributed by atoms with Gasteiger partial charge in [-0.1, -0.05) is 0 Å². The van der Waals surface area contributed by atoms with Crippen LogP contribution >= 0.6 is 0 Å². The highest BCUT2D eigenvalue weighted by Crippen LogP contribution is 2.35. The number of rotatable bonds is 4. The quantitative estimate of drug-likeness (QED) is 0.920. The lowest BCUT2D eigenvalue weighted by Gasteiger charge is -2.14. The van der Waals surface area contributed by atoms with E-state index in [1.165, 1.54) is 0 Å². The van der Waals surface area contributed by atoms with Gasteiger partial charge in [-0.05, 0) is 56.2 Å². The van der Waals surface area contributed by atoms with E-state index in [0.717, 1.165) is 24.2 Å². The van der Waals surface area contributed by atoms with Gasteiger partial charge in [0.1, 0.15) is 0 Å². The molecule has 21 heavy (non-hydrogen) atoms. The molecule has 1 fully saturated rings. The van der Waals surface area contributed by atoms with Gasteiger partial charge in [-0.2, -0.15) is 0 Å². The molecule has 0 bridgehead atoms. The zero-order valence-corrected chi connectivity index (χ0v) is 12.4. The molecule has 1 aliphatic carbocycles. The second-order valence-corrected chi connectivity index (χ2v) is 5.49. The van der Waals surface area contributed by atoms with Crippen LogP contribution in [0.2, 0.25) is 0 Å². The van der Waals surface area contributed by atoms with Crippen molar-refractivity contribution >= 4 is 5.91 Å². The summed E-state index contributed by atoms with van der Waals surface area (Å²) in [6.07, 6.45) is 2.19. The average molecular weight is 286 g/mol. The van der Waals surface area contributed by atoms with Crippen molar-refractivity contribution in [3.8, 4) is 0 Å². The Bertz CT molecular complexity index is 676. The van der Waals surface area contributed by atoms with Gasteiger partial charge in [-0.15, -0.1) is 5.10 Å². The van der Waals surface area contributed by atoms with Crippen LogP contribution in [0.4, 0.5) is 0 Å². The molecule has 7 nitrogen and oxygen atoms in total. The number of carbonyl (C=O) groups excluding carboxylic acids is 1. The van der Waals surface area contributed by atoms with Gasteiger partial charge in [0, 0.05) is 5.69 Å². The van der Waals surface area contributed by atoms with Crippen LogP contribution in [0.25, 0.3) is 0 Å². The zero-order chi connectivity index (χ0) is 15.0. The van der Waals surface area contributed by atoms with Crippen molar-refractivity contribution in [1.29, 1.82) is 0 Å². The topological polar surface area (TPSA) is 85.6 Å². The molecule has 3 rings (SSSR count). The Labute approximate surface area is 122 Å². The maximum atomic E-state index is 12.4. The van der Waals surface area contributed by atoms with Crippen LogP contribution in [0.1, 0.15) is 59.4 Å². The van der Waals surface area contributed by atoms with Crippen LogP contribution in [-0.2, 0) is 0 Å². The van der Waals surface area contributed by atoms with Gasteiger partial charge in [0.05, 0.1) is 23.3 Å². The standard InChI is InChI=1S/C14H18N6O/c1-8-4-7-12(9(2)15-8)14(21)16-10(3)13-17-18-19-20(13)11-5-6-11/h4,7,10-11H,5-6H2,1-3H3,(H,16,21). The summed E-state index contributed by atoms with van der Waals surface area (Å²) in [5.74, 6) is 0.543. The van der Waals surface area contributed by atoms with E-state index in [9.17, 15) is 4.79 Å². The van der Waals surface area contributed by atoms with Gasteiger partial charge >= 0.3 is 0 Å². The number of amides is 1. The normalized spacial score (nSPS) is 15.8. The second kappa shape index (κ2) is 5.23. The fraction of sp³-hybridized carbons (Fsp3) is 0.500. The first-order valence-electron chi connectivity index (χ1n) is 7.09. The van der Waals surface area contributed by atoms with Gasteiger partial charge < -0.3 is 5.32 Å². The number of hydrogen-bond donors (Lipinski definition) is 1. The average Bonchev–Trinajstić information content (AvgIpc) is 3.15. The maximum Gasteiger partial charge on any atom is 0.253 e. The minimum atomic E-state index is -0.242. The molecule has 1 saturated carbocycles. The van der Waals surface area contributed by atoms with E-state index in [4.69, 9.17) is 0 Å². The van der Waals surface area contributed by atoms with Crippen LogP contribution in [0.15, 0.2) is 12.1 Å². The summed E-state index contributed by atoms with van der Waals surface area (Å²) in [5, 5.41) is 14.7. The van der Waals surface area contributed by atoms with Crippen LogP contribution in [-0.4, -0.2) is 31.1 Å². The predicted molar refractivity (Wildman–Crippen MR) is 75.7 cm³/mol. The molecule has 110 valence electrons. The van der Waals surface area contributed by atoms with E-state index >= 15 is 0 Å². The summed E-state index contributed by atoms with van der Waals surface area (Å²) in [4.78, 5) is 16.7. The van der Waals surface area contributed by atoms with E-state index in [0.29, 0.717) is 17.4 Å². The number of hydrogen-bond acceptors (Lipinski definition) is 5. The fourth-order valence-electron chi connectivity index (χ4n) is 2.33. The van der Waals surface area contributed by atoms with Crippen molar-refractivity contribution in [3.63, 3.8) is 0 Å². The smallest absolute Gasteiger partial charge is 0.253 e. The minimum Gasteiger partial charge on any atom is -0.342 e. The Morgan fingerprint density at radius 1 is 1.38 bits per heavy atom. The highest BCUT2D eigenvalue weighted by molar-refractivity contribution is 5.95. The third-order valence-corrected chi connectivity index (χ3v) is 3.62. The molecule has 1 amide bonds. The van der Waals surface area contributed by atoms with Crippen molar-refractivity contribution in [3.05, 3.63) is 34.9 Å². The summed E-state index contributed by atoms with van der Waals surface area (Å²) >= 11 is 0. The van der Waals surface area contributed by atoms with E-state index in [1.807, 2.05) is 31.5 Å². The van der Waals surface area contributed by atoms with Crippen LogP contribution in [0.5, 0.6) is 0 Å². The molecule has 1 N–H and O–H groups in total. The molecule has 2 aromatic heterocycles. The molecule has 1 aliphatic rings. The zero-order valence-electron chi connectivity index (χ0n) is 12.4. The Hall–Kier alpha value is -2.31. The summed E-state index contributed by atoms with van der Waals surface area (Å²) in [6.45, 7) is 5.63. The molecule has 0 radical (unpaired) electrons. The molecular formula is C14H18N6O. The van der Waals surface area contributed by atoms with Gasteiger partial charge in [0.15, 0.2) is 5.82 Å². The van der Waals surface area contributed by atoms with Crippen molar-refractivity contribution < 1.29 is 4.79 Å². The first-order valence-corrected chi connectivity index (χ1v) is 7.09. The van der Waals surface area contributed by atoms with E-state index < -0.39 is 0 Å². The predicted octanol–water partition coefficient (Wildman–Crippen LogP) is 1.51. The molecule has 0 spiro atoms. The van der Waals surface area contributed by atoms with Crippen molar-refractivity contribution in [2.75, 3.05) is 0 Å². The fourth-order valence-corrected chi connectivity index (χ4v) is 2.33. The lowest BCUT2D eigenvalue weighted by atomic mass is 10.1. The van der Waals surface area contributed by atoms with Crippen molar-refractivity contribution in [2.24, 2.45) is 0 Å². The number of aryl methyl sites for hydroxylation is 2. The second-order valence-electron chi connectivity index (χ2n) is 5.49. The van der Waals surface area contributed by atoms with Gasteiger partial charge in [-0.3, -0.25) is 9.78 Å². The van der Waals surface area contributed by atoms with E-state index in [1.54, 1.807) is 6.07 Å². The number of nitrogens with zero attached hydrogens (tertiary/aromatic N) is 5. The van der Waals surface area contributed by atoms with E-state index in [-0.39, 0.29) is 11.9 Å². The first-order chi connectivity index (χ1) is 10.1. The highest BCUT2D eigenvalue weighted by Gasteiger charge is 2.30. The lowest BCUT2D eigenvalue weighted by Crippen LogP contribution is -2.29. The SMILES string of the molecule is Cc1ccc(C(=O)NC(C)c2nnnn2C2CC2)c(C)n1.